The van der Waals surface area contributed by atoms with Gasteiger partial charge in [-0.3, -0.25) is 19.3 Å². The van der Waals surface area contributed by atoms with E-state index < -0.39 is 6.10 Å². The zero-order valence-electron chi connectivity index (χ0n) is 14.3. The highest BCUT2D eigenvalue weighted by molar-refractivity contribution is 6.02. The first kappa shape index (κ1) is 17.6. The molecule has 6 heteroatoms. The number of hydrogen-bond acceptors (Lipinski definition) is 4. The first-order chi connectivity index (χ1) is 12.1. The normalized spacial score (nSPS) is 20.2. The summed E-state index contributed by atoms with van der Waals surface area (Å²) in [7, 11) is 0. The van der Waals surface area contributed by atoms with E-state index in [9.17, 15) is 19.5 Å². The van der Waals surface area contributed by atoms with Crippen molar-refractivity contribution in [1.29, 1.82) is 0 Å². The summed E-state index contributed by atoms with van der Waals surface area (Å²) in [5.41, 5.74) is 0.915. The van der Waals surface area contributed by atoms with Crippen LogP contribution in [0, 0.1) is 5.92 Å². The van der Waals surface area contributed by atoms with Crippen LogP contribution in [0.2, 0.25) is 0 Å². The molecule has 6 nitrogen and oxygen atoms in total. The van der Waals surface area contributed by atoms with Crippen molar-refractivity contribution in [2.24, 2.45) is 5.92 Å². The molecule has 0 aromatic heterocycles. The van der Waals surface area contributed by atoms with Crippen molar-refractivity contribution < 1.29 is 19.5 Å². The van der Waals surface area contributed by atoms with Crippen molar-refractivity contribution >= 4 is 17.7 Å². The van der Waals surface area contributed by atoms with Gasteiger partial charge in [0.05, 0.1) is 6.10 Å². The maximum Gasteiger partial charge on any atom is 0.229 e. The van der Waals surface area contributed by atoms with E-state index in [1.807, 2.05) is 30.3 Å². The number of nitrogens with zero attached hydrogens (tertiary/aromatic N) is 2. The van der Waals surface area contributed by atoms with Crippen molar-refractivity contribution in [1.82, 2.24) is 9.80 Å². The Morgan fingerprint density at radius 3 is 2.28 bits per heavy atom. The van der Waals surface area contributed by atoms with E-state index in [4.69, 9.17) is 0 Å². The van der Waals surface area contributed by atoms with Crippen LogP contribution in [0.25, 0.3) is 0 Å². The SMILES string of the molecule is O=C(CCN1C(=O)CCC1=O)N1CCC(C(O)c2ccccc2)CC1. The van der Waals surface area contributed by atoms with E-state index in [0.717, 1.165) is 18.4 Å². The zero-order valence-corrected chi connectivity index (χ0v) is 14.3. The molecule has 25 heavy (non-hydrogen) atoms. The number of aliphatic hydroxyl groups is 1. The Morgan fingerprint density at radius 1 is 1.08 bits per heavy atom. The van der Waals surface area contributed by atoms with Gasteiger partial charge in [-0.15, -0.1) is 0 Å². The Kier molecular flexibility index (Phi) is 5.48. The van der Waals surface area contributed by atoms with Crippen LogP contribution in [0.4, 0.5) is 0 Å². The molecule has 0 radical (unpaired) electrons. The molecular formula is C19H24N2O4. The fourth-order valence-corrected chi connectivity index (χ4v) is 3.62. The summed E-state index contributed by atoms with van der Waals surface area (Å²) >= 11 is 0. The third-order valence-corrected chi connectivity index (χ3v) is 5.18. The summed E-state index contributed by atoms with van der Waals surface area (Å²) in [6.07, 6.45) is 1.71. The van der Waals surface area contributed by atoms with Crippen molar-refractivity contribution in [3.8, 4) is 0 Å². The maximum absolute atomic E-state index is 12.3. The maximum atomic E-state index is 12.3. The number of imide groups is 1. The predicted molar refractivity (Wildman–Crippen MR) is 91.3 cm³/mol. The zero-order chi connectivity index (χ0) is 17.8. The van der Waals surface area contributed by atoms with Crippen LogP contribution >= 0.6 is 0 Å². The fourth-order valence-electron chi connectivity index (χ4n) is 3.62. The van der Waals surface area contributed by atoms with Crippen molar-refractivity contribution in [2.45, 2.75) is 38.2 Å². The molecule has 1 aromatic carbocycles. The van der Waals surface area contributed by atoms with Gasteiger partial charge >= 0.3 is 0 Å². The van der Waals surface area contributed by atoms with Gasteiger partial charge < -0.3 is 10.0 Å². The lowest BCUT2D eigenvalue weighted by molar-refractivity contribution is -0.139. The summed E-state index contributed by atoms with van der Waals surface area (Å²) in [5.74, 6) is -0.238. The summed E-state index contributed by atoms with van der Waals surface area (Å²) in [6.45, 7) is 1.40. The van der Waals surface area contributed by atoms with Gasteiger partial charge in [-0.25, -0.2) is 0 Å². The van der Waals surface area contributed by atoms with Crippen LogP contribution in [-0.2, 0) is 14.4 Å². The van der Waals surface area contributed by atoms with Crippen LogP contribution < -0.4 is 0 Å². The van der Waals surface area contributed by atoms with Gasteiger partial charge in [0.25, 0.3) is 0 Å². The minimum absolute atomic E-state index is 0.0276. The second-order valence-corrected chi connectivity index (χ2v) is 6.76. The quantitative estimate of drug-likeness (QED) is 0.821. The van der Waals surface area contributed by atoms with Crippen LogP contribution in [0.3, 0.4) is 0 Å². The fraction of sp³-hybridized carbons (Fsp3) is 0.526. The van der Waals surface area contributed by atoms with E-state index >= 15 is 0 Å². The largest absolute Gasteiger partial charge is 0.388 e. The van der Waals surface area contributed by atoms with E-state index in [0.29, 0.717) is 13.1 Å². The number of likely N-dealkylation sites (tertiary alicyclic amines) is 2. The number of amides is 3. The molecule has 0 bridgehead atoms. The van der Waals surface area contributed by atoms with E-state index in [-0.39, 0.29) is 49.4 Å². The van der Waals surface area contributed by atoms with E-state index in [1.165, 1.54) is 4.90 Å². The van der Waals surface area contributed by atoms with Crippen molar-refractivity contribution in [3.63, 3.8) is 0 Å². The number of carbonyl (C=O) groups excluding carboxylic acids is 3. The average molecular weight is 344 g/mol. The highest BCUT2D eigenvalue weighted by Gasteiger charge is 2.31. The Bertz CT molecular complexity index is 622. The third-order valence-electron chi connectivity index (χ3n) is 5.18. The number of hydrogen-bond donors (Lipinski definition) is 1. The molecular weight excluding hydrogens is 320 g/mol. The molecule has 2 saturated heterocycles. The molecule has 1 atom stereocenters. The van der Waals surface area contributed by atoms with Gasteiger partial charge in [-0.1, -0.05) is 30.3 Å². The minimum atomic E-state index is -0.502. The molecule has 0 spiro atoms. The van der Waals surface area contributed by atoms with Crippen molar-refractivity contribution in [3.05, 3.63) is 35.9 Å². The third kappa shape index (κ3) is 4.07. The lowest BCUT2D eigenvalue weighted by Crippen LogP contribution is -2.41. The molecule has 0 saturated carbocycles. The molecule has 3 amide bonds. The van der Waals surface area contributed by atoms with E-state index in [1.54, 1.807) is 4.90 Å². The van der Waals surface area contributed by atoms with Gasteiger partial charge in [0.15, 0.2) is 0 Å². The molecule has 2 aliphatic heterocycles. The Labute approximate surface area is 147 Å². The first-order valence-corrected chi connectivity index (χ1v) is 8.90. The van der Waals surface area contributed by atoms with Gasteiger partial charge in [-0.05, 0) is 24.3 Å². The highest BCUT2D eigenvalue weighted by Crippen LogP contribution is 2.30. The van der Waals surface area contributed by atoms with Crippen molar-refractivity contribution in [2.75, 3.05) is 19.6 Å². The highest BCUT2D eigenvalue weighted by atomic mass is 16.3. The molecule has 2 aliphatic rings. The molecule has 134 valence electrons. The Balaban J connectivity index is 1.46. The Hall–Kier alpha value is -2.21. The molecule has 3 rings (SSSR count). The van der Waals surface area contributed by atoms with Crippen LogP contribution in [-0.4, -0.2) is 52.3 Å². The number of carbonyl (C=O) groups is 3. The summed E-state index contributed by atoms with van der Waals surface area (Å²) < 4.78 is 0. The van der Waals surface area contributed by atoms with E-state index in [2.05, 4.69) is 0 Å². The van der Waals surface area contributed by atoms with Gasteiger partial charge in [-0.2, -0.15) is 0 Å². The number of aliphatic hydroxyl groups excluding tert-OH is 1. The number of piperidine rings is 1. The summed E-state index contributed by atoms with van der Waals surface area (Å²) in [4.78, 5) is 38.5. The topological polar surface area (TPSA) is 77.9 Å². The second kappa shape index (κ2) is 7.78. The average Bonchev–Trinajstić information content (AvgIpc) is 2.98. The molecule has 2 heterocycles. The number of rotatable bonds is 5. The lowest BCUT2D eigenvalue weighted by atomic mass is 9.87. The molecule has 2 fully saturated rings. The standard InChI is InChI=1S/C19H24N2O4/c22-16(10-13-21-17(23)6-7-18(21)24)20-11-8-15(9-12-20)19(25)14-4-2-1-3-5-14/h1-5,15,19,25H,6-13H2. The molecule has 1 unspecified atom stereocenters. The molecule has 1 N–H and O–H groups in total. The predicted octanol–water partition coefficient (Wildman–Crippen LogP) is 1.50. The van der Waals surface area contributed by atoms with Gasteiger partial charge in [0, 0.05) is 38.9 Å². The Morgan fingerprint density at radius 2 is 1.68 bits per heavy atom. The summed E-state index contributed by atoms with van der Waals surface area (Å²) in [6, 6.07) is 9.60. The monoisotopic (exact) mass is 344 g/mol. The van der Waals surface area contributed by atoms with Gasteiger partial charge in [0.2, 0.25) is 17.7 Å². The molecule has 0 aliphatic carbocycles. The lowest BCUT2D eigenvalue weighted by Gasteiger charge is -2.34. The summed E-state index contributed by atoms with van der Waals surface area (Å²) in [5, 5.41) is 10.5. The molecule has 1 aromatic rings. The smallest absolute Gasteiger partial charge is 0.229 e. The van der Waals surface area contributed by atoms with Crippen LogP contribution in [0.5, 0.6) is 0 Å². The number of benzene rings is 1. The minimum Gasteiger partial charge on any atom is -0.388 e. The van der Waals surface area contributed by atoms with Gasteiger partial charge in [0.1, 0.15) is 0 Å². The van der Waals surface area contributed by atoms with Crippen LogP contribution in [0.1, 0.15) is 43.8 Å². The first-order valence-electron chi connectivity index (χ1n) is 8.90. The van der Waals surface area contributed by atoms with Crippen LogP contribution in [0.15, 0.2) is 30.3 Å². The second-order valence-electron chi connectivity index (χ2n) is 6.76.